The van der Waals surface area contributed by atoms with Gasteiger partial charge in [0, 0.05) is 24.2 Å². The highest BCUT2D eigenvalue weighted by atomic mass is 32.2. The Morgan fingerprint density at radius 2 is 2.05 bits per heavy atom. The van der Waals surface area contributed by atoms with Crippen LogP contribution in [0.25, 0.3) is 0 Å². The first-order valence-electron chi connectivity index (χ1n) is 7.90. The maximum absolute atomic E-state index is 11.6. The molecular formula is C16H28N2O2S. The van der Waals surface area contributed by atoms with E-state index in [4.69, 9.17) is 0 Å². The Hall–Kier alpha value is -0.940. The van der Waals surface area contributed by atoms with E-state index in [0.29, 0.717) is 6.42 Å². The monoisotopic (exact) mass is 312 g/mol. The minimum atomic E-state index is -2.87. The standard InChI is InChI=1S/C16H28N2O2S/c1-4-10-18-16(8-7-12-21(19,20)6-3)15-9-11-17-13-14(15)5-2/h9,11,13,16,18H,4-8,10,12H2,1-3H3. The van der Waals surface area contributed by atoms with Crippen LogP contribution in [0.15, 0.2) is 18.5 Å². The zero-order valence-corrected chi connectivity index (χ0v) is 14.2. The van der Waals surface area contributed by atoms with Crippen LogP contribution in [0, 0.1) is 0 Å². The van der Waals surface area contributed by atoms with E-state index in [-0.39, 0.29) is 17.5 Å². The van der Waals surface area contributed by atoms with E-state index in [0.717, 1.165) is 25.8 Å². The number of rotatable bonds is 10. The van der Waals surface area contributed by atoms with Crippen molar-refractivity contribution in [3.8, 4) is 0 Å². The second-order valence-corrected chi connectivity index (χ2v) is 7.79. The first kappa shape index (κ1) is 18.1. The number of nitrogens with one attached hydrogen (secondary N) is 1. The highest BCUT2D eigenvalue weighted by molar-refractivity contribution is 7.91. The number of nitrogens with zero attached hydrogens (tertiary/aromatic N) is 1. The van der Waals surface area contributed by atoms with Gasteiger partial charge in [0.25, 0.3) is 0 Å². The first-order chi connectivity index (χ1) is 10.0. The van der Waals surface area contributed by atoms with Crippen LogP contribution in [0.5, 0.6) is 0 Å². The quantitative estimate of drug-likeness (QED) is 0.721. The minimum absolute atomic E-state index is 0.218. The van der Waals surface area contributed by atoms with Gasteiger partial charge >= 0.3 is 0 Å². The Labute approximate surface area is 129 Å². The molecule has 4 nitrogen and oxygen atoms in total. The lowest BCUT2D eigenvalue weighted by atomic mass is 9.97. The normalized spacial score (nSPS) is 13.3. The van der Waals surface area contributed by atoms with Gasteiger partial charge in [0.1, 0.15) is 9.84 Å². The lowest BCUT2D eigenvalue weighted by Crippen LogP contribution is -2.24. The second-order valence-electron chi connectivity index (χ2n) is 5.31. The van der Waals surface area contributed by atoms with Gasteiger partial charge in [0.15, 0.2) is 0 Å². The summed E-state index contributed by atoms with van der Waals surface area (Å²) in [6.45, 7) is 6.91. The molecule has 0 aliphatic heterocycles. The Kier molecular flexibility index (Phi) is 7.89. The van der Waals surface area contributed by atoms with E-state index < -0.39 is 9.84 Å². The van der Waals surface area contributed by atoms with Gasteiger partial charge in [0.05, 0.1) is 5.75 Å². The van der Waals surface area contributed by atoms with Crippen LogP contribution in [-0.2, 0) is 16.3 Å². The molecule has 0 spiro atoms. The predicted molar refractivity (Wildman–Crippen MR) is 88.2 cm³/mol. The summed E-state index contributed by atoms with van der Waals surface area (Å²) in [7, 11) is -2.87. The molecule has 1 aromatic rings. The van der Waals surface area contributed by atoms with E-state index in [1.807, 2.05) is 12.4 Å². The largest absolute Gasteiger partial charge is 0.310 e. The molecule has 21 heavy (non-hydrogen) atoms. The summed E-state index contributed by atoms with van der Waals surface area (Å²) in [6, 6.07) is 2.27. The third-order valence-electron chi connectivity index (χ3n) is 3.73. The Morgan fingerprint density at radius 1 is 1.29 bits per heavy atom. The van der Waals surface area contributed by atoms with Gasteiger partial charge in [-0.25, -0.2) is 8.42 Å². The van der Waals surface area contributed by atoms with Crippen LogP contribution in [0.2, 0.25) is 0 Å². The van der Waals surface area contributed by atoms with Crippen molar-refractivity contribution in [1.82, 2.24) is 10.3 Å². The van der Waals surface area contributed by atoms with Gasteiger partial charge in [-0.3, -0.25) is 4.98 Å². The summed E-state index contributed by atoms with van der Waals surface area (Å²) in [6.07, 6.45) is 7.28. The SMILES string of the molecule is CCCNC(CCCS(=O)(=O)CC)c1ccncc1CC. The molecule has 1 unspecified atom stereocenters. The van der Waals surface area contributed by atoms with Gasteiger partial charge < -0.3 is 5.32 Å². The summed E-state index contributed by atoms with van der Waals surface area (Å²) in [5.41, 5.74) is 2.50. The van der Waals surface area contributed by atoms with Crippen molar-refractivity contribution in [2.45, 2.75) is 52.5 Å². The van der Waals surface area contributed by atoms with E-state index in [9.17, 15) is 8.42 Å². The first-order valence-corrected chi connectivity index (χ1v) is 9.72. The van der Waals surface area contributed by atoms with Crippen molar-refractivity contribution in [3.63, 3.8) is 0 Å². The van der Waals surface area contributed by atoms with Crippen LogP contribution in [-0.4, -0.2) is 31.5 Å². The van der Waals surface area contributed by atoms with E-state index in [1.54, 1.807) is 6.92 Å². The zero-order chi connectivity index (χ0) is 15.7. The molecule has 0 aromatic carbocycles. The average molecular weight is 312 g/mol. The van der Waals surface area contributed by atoms with E-state index >= 15 is 0 Å². The number of hydrogen-bond acceptors (Lipinski definition) is 4. The van der Waals surface area contributed by atoms with E-state index in [2.05, 4.69) is 30.2 Å². The average Bonchev–Trinajstić information content (AvgIpc) is 2.50. The molecule has 0 fully saturated rings. The summed E-state index contributed by atoms with van der Waals surface area (Å²) in [5.74, 6) is 0.510. The van der Waals surface area contributed by atoms with Crippen LogP contribution in [0.4, 0.5) is 0 Å². The third kappa shape index (κ3) is 6.14. The van der Waals surface area contributed by atoms with E-state index in [1.165, 1.54) is 11.1 Å². The molecule has 5 heteroatoms. The molecule has 120 valence electrons. The topological polar surface area (TPSA) is 59.1 Å². The Morgan fingerprint density at radius 3 is 2.67 bits per heavy atom. The van der Waals surface area contributed by atoms with Crippen molar-refractivity contribution in [2.24, 2.45) is 0 Å². The molecule has 1 atom stereocenters. The summed E-state index contributed by atoms with van der Waals surface area (Å²) >= 11 is 0. The fourth-order valence-electron chi connectivity index (χ4n) is 2.41. The van der Waals surface area contributed by atoms with Gasteiger partial charge in [-0.2, -0.15) is 0 Å². The molecule has 1 N–H and O–H groups in total. The predicted octanol–water partition coefficient (Wildman–Crippen LogP) is 2.90. The zero-order valence-electron chi connectivity index (χ0n) is 13.4. The molecule has 0 saturated carbocycles. The van der Waals surface area contributed by atoms with Crippen molar-refractivity contribution in [3.05, 3.63) is 29.6 Å². The fourth-order valence-corrected chi connectivity index (χ4v) is 3.31. The molecule has 0 amide bonds. The highest BCUT2D eigenvalue weighted by Gasteiger charge is 2.15. The van der Waals surface area contributed by atoms with Crippen LogP contribution in [0.1, 0.15) is 57.2 Å². The van der Waals surface area contributed by atoms with Crippen molar-refractivity contribution >= 4 is 9.84 Å². The van der Waals surface area contributed by atoms with Crippen LogP contribution in [0.3, 0.4) is 0 Å². The van der Waals surface area contributed by atoms with Gasteiger partial charge in [-0.15, -0.1) is 0 Å². The molecule has 0 saturated heterocycles. The van der Waals surface area contributed by atoms with Crippen molar-refractivity contribution < 1.29 is 8.42 Å². The lowest BCUT2D eigenvalue weighted by Gasteiger charge is -2.21. The van der Waals surface area contributed by atoms with Gasteiger partial charge in [-0.05, 0) is 49.4 Å². The van der Waals surface area contributed by atoms with Gasteiger partial charge in [-0.1, -0.05) is 20.8 Å². The second kappa shape index (κ2) is 9.15. The summed E-state index contributed by atoms with van der Waals surface area (Å²) in [4.78, 5) is 4.19. The summed E-state index contributed by atoms with van der Waals surface area (Å²) < 4.78 is 23.2. The molecule has 0 radical (unpaired) electrons. The smallest absolute Gasteiger partial charge is 0.150 e. The van der Waals surface area contributed by atoms with Crippen LogP contribution < -0.4 is 5.32 Å². The van der Waals surface area contributed by atoms with Crippen LogP contribution >= 0.6 is 0 Å². The fraction of sp³-hybridized carbons (Fsp3) is 0.688. The van der Waals surface area contributed by atoms with Crippen molar-refractivity contribution in [1.29, 1.82) is 0 Å². The lowest BCUT2D eigenvalue weighted by molar-refractivity contribution is 0.489. The number of aryl methyl sites for hydroxylation is 1. The van der Waals surface area contributed by atoms with Gasteiger partial charge in [0.2, 0.25) is 0 Å². The summed E-state index contributed by atoms with van der Waals surface area (Å²) in [5, 5.41) is 3.54. The number of hydrogen-bond donors (Lipinski definition) is 1. The highest BCUT2D eigenvalue weighted by Crippen LogP contribution is 2.22. The maximum atomic E-state index is 11.6. The molecule has 0 aliphatic rings. The number of sulfone groups is 1. The number of pyridine rings is 1. The number of aromatic nitrogens is 1. The molecule has 1 rings (SSSR count). The molecule has 0 bridgehead atoms. The minimum Gasteiger partial charge on any atom is -0.310 e. The maximum Gasteiger partial charge on any atom is 0.150 e. The molecule has 0 aliphatic carbocycles. The molecule has 1 heterocycles. The van der Waals surface area contributed by atoms with Crippen molar-refractivity contribution in [2.75, 3.05) is 18.1 Å². The molecular weight excluding hydrogens is 284 g/mol. The third-order valence-corrected chi connectivity index (χ3v) is 5.52. The Bertz CT molecular complexity index is 515. The Balaban J connectivity index is 2.76. The molecule has 1 aromatic heterocycles.